The van der Waals surface area contributed by atoms with Gasteiger partial charge in [0.05, 0.1) is 16.8 Å². The Morgan fingerprint density at radius 3 is 2.36 bits per heavy atom. The standard InChI is InChI=1S/C16H13F3N2S/c1-3-22-15-12(9-20)13(16(17,18)19)8-14(21-15)11-6-4-10(2)5-7-11/h4-8H,3H2,1-2H3. The van der Waals surface area contributed by atoms with E-state index >= 15 is 0 Å². The van der Waals surface area contributed by atoms with Gasteiger partial charge in [-0.1, -0.05) is 36.8 Å². The summed E-state index contributed by atoms with van der Waals surface area (Å²) in [4.78, 5) is 4.25. The molecule has 0 unspecified atom stereocenters. The first-order valence-corrected chi connectivity index (χ1v) is 7.57. The maximum absolute atomic E-state index is 13.2. The van der Waals surface area contributed by atoms with Crippen molar-refractivity contribution in [1.82, 2.24) is 4.98 Å². The fraction of sp³-hybridized carbons (Fsp3) is 0.250. The lowest BCUT2D eigenvalue weighted by Gasteiger charge is -2.14. The van der Waals surface area contributed by atoms with Crippen molar-refractivity contribution in [3.05, 3.63) is 47.0 Å². The number of pyridine rings is 1. The zero-order valence-corrected chi connectivity index (χ0v) is 12.8. The van der Waals surface area contributed by atoms with Crippen LogP contribution >= 0.6 is 11.8 Å². The summed E-state index contributed by atoms with van der Waals surface area (Å²) in [5.74, 6) is 0.538. The van der Waals surface area contributed by atoms with Crippen molar-refractivity contribution in [2.75, 3.05) is 5.75 Å². The molecule has 2 aromatic rings. The Kier molecular flexibility index (Phi) is 4.77. The predicted octanol–water partition coefficient (Wildman–Crippen LogP) is 5.06. The number of benzene rings is 1. The van der Waals surface area contributed by atoms with Crippen LogP contribution in [0.2, 0.25) is 0 Å². The van der Waals surface area contributed by atoms with E-state index in [2.05, 4.69) is 4.98 Å². The maximum atomic E-state index is 13.2. The molecule has 0 N–H and O–H groups in total. The van der Waals surface area contributed by atoms with Crippen LogP contribution in [-0.2, 0) is 6.18 Å². The molecular weight excluding hydrogens is 309 g/mol. The number of hydrogen-bond donors (Lipinski definition) is 0. The van der Waals surface area contributed by atoms with Crippen LogP contribution in [0.5, 0.6) is 0 Å². The fourth-order valence-corrected chi connectivity index (χ4v) is 2.70. The summed E-state index contributed by atoms with van der Waals surface area (Å²) in [6, 6.07) is 9.67. The van der Waals surface area contributed by atoms with Gasteiger partial charge in [0, 0.05) is 5.56 Å². The number of alkyl halides is 3. The number of aromatic nitrogens is 1. The van der Waals surface area contributed by atoms with Crippen molar-refractivity contribution in [2.24, 2.45) is 0 Å². The molecule has 2 rings (SSSR count). The van der Waals surface area contributed by atoms with E-state index in [1.165, 1.54) is 0 Å². The van der Waals surface area contributed by atoms with Crippen LogP contribution in [0.3, 0.4) is 0 Å². The molecule has 1 aromatic heterocycles. The van der Waals surface area contributed by atoms with Crippen LogP contribution in [0.1, 0.15) is 23.6 Å². The Morgan fingerprint density at radius 1 is 1.23 bits per heavy atom. The Labute approximate surface area is 131 Å². The number of hydrogen-bond acceptors (Lipinski definition) is 3. The number of nitriles is 1. The molecule has 0 atom stereocenters. The molecule has 0 aliphatic rings. The zero-order valence-electron chi connectivity index (χ0n) is 12.0. The van der Waals surface area contributed by atoms with E-state index in [1.807, 2.05) is 19.1 Å². The van der Waals surface area contributed by atoms with Gasteiger partial charge < -0.3 is 0 Å². The molecule has 0 saturated carbocycles. The molecule has 0 bridgehead atoms. The Bertz CT molecular complexity index is 716. The minimum Gasteiger partial charge on any atom is -0.240 e. The molecule has 0 aliphatic carbocycles. The molecule has 1 aromatic carbocycles. The van der Waals surface area contributed by atoms with Gasteiger partial charge in [0.25, 0.3) is 0 Å². The van der Waals surface area contributed by atoms with E-state index in [9.17, 15) is 13.2 Å². The number of thioether (sulfide) groups is 1. The summed E-state index contributed by atoms with van der Waals surface area (Å²) in [5.41, 5.74) is 0.490. The topological polar surface area (TPSA) is 36.7 Å². The Morgan fingerprint density at radius 2 is 1.86 bits per heavy atom. The van der Waals surface area contributed by atoms with E-state index in [1.54, 1.807) is 25.1 Å². The second-order valence-corrected chi connectivity index (χ2v) is 5.90. The van der Waals surface area contributed by atoms with Gasteiger partial charge in [0.2, 0.25) is 0 Å². The van der Waals surface area contributed by atoms with Crippen LogP contribution in [0.15, 0.2) is 35.4 Å². The Balaban J connectivity index is 2.68. The van der Waals surface area contributed by atoms with Crippen molar-refractivity contribution in [3.63, 3.8) is 0 Å². The van der Waals surface area contributed by atoms with Crippen LogP contribution in [-0.4, -0.2) is 10.7 Å². The summed E-state index contributed by atoms with van der Waals surface area (Å²) in [7, 11) is 0. The van der Waals surface area contributed by atoms with Gasteiger partial charge in [-0.3, -0.25) is 0 Å². The first-order chi connectivity index (χ1) is 10.4. The molecule has 1 heterocycles. The monoisotopic (exact) mass is 322 g/mol. The van der Waals surface area contributed by atoms with Crippen LogP contribution in [0.4, 0.5) is 13.2 Å². The van der Waals surface area contributed by atoms with Crippen molar-refractivity contribution < 1.29 is 13.2 Å². The van der Waals surface area contributed by atoms with E-state index in [0.29, 0.717) is 11.3 Å². The smallest absolute Gasteiger partial charge is 0.240 e. The highest BCUT2D eigenvalue weighted by molar-refractivity contribution is 7.99. The summed E-state index contributed by atoms with van der Waals surface area (Å²) in [5, 5.41) is 9.20. The van der Waals surface area contributed by atoms with Gasteiger partial charge in [-0.2, -0.15) is 18.4 Å². The SMILES string of the molecule is CCSc1nc(-c2ccc(C)cc2)cc(C(F)(F)F)c1C#N. The quantitative estimate of drug-likeness (QED) is 0.741. The molecule has 6 heteroatoms. The molecule has 0 amide bonds. The number of nitrogens with zero attached hydrogens (tertiary/aromatic N) is 2. The summed E-state index contributed by atoms with van der Waals surface area (Å²) < 4.78 is 39.7. The average Bonchev–Trinajstić information content (AvgIpc) is 2.46. The van der Waals surface area contributed by atoms with Crippen molar-refractivity contribution in [1.29, 1.82) is 5.26 Å². The average molecular weight is 322 g/mol. The van der Waals surface area contributed by atoms with Crippen LogP contribution in [0.25, 0.3) is 11.3 Å². The molecule has 0 fully saturated rings. The lowest BCUT2D eigenvalue weighted by atomic mass is 10.0. The molecule has 22 heavy (non-hydrogen) atoms. The first kappa shape index (κ1) is 16.4. The van der Waals surface area contributed by atoms with E-state index in [4.69, 9.17) is 5.26 Å². The number of halogens is 3. The lowest BCUT2D eigenvalue weighted by Crippen LogP contribution is -2.10. The van der Waals surface area contributed by atoms with Crippen LogP contribution in [0, 0.1) is 18.3 Å². The highest BCUT2D eigenvalue weighted by Gasteiger charge is 2.36. The minimum atomic E-state index is -4.59. The summed E-state index contributed by atoms with van der Waals surface area (Å²) in [6.07, 6.45) is -4.59. The van der Waals surface area contributed by atoms with Gasteiger partial charge in [-0.25, -0.2) is 4.98 Å². The van der Waals surface area contributed by atoms with Crippen LogP contribution < -0.4 is 0 Å². The van der Waals surface area contributed by atoms with E-state index in [0.717, 1.165) is 23.4 Å². The fourth-order valence-electron chi connectivity index (χ4n) is 1.97. The third kappa shape index (κ3) is 3.42. The summed E-state index contributed by atoms with van der Waals surface area (Å²) in [6.45, 7) is 3.70. The first-order valence-electron chi connectivity index (χ1n) is 6.59. The third-order valence-electron chi connectivity index (χ3n) is 3.03. The number of rotatable bonds is 3. The predicted molar refractivity (Wildman–Crippen MR) is 80.5 cm³/mol. The highest BCUT2D eigenvalue weighted by Crippen LogP contribution is 2.37. The van der Waals surface area contributed by atoms with Crippen molar-refractivity contribution in [2.45, 2.75) is 25.0 Å². The largest absolute Gasteiger partial charge is 0.417 e. The molecule has 2 nitrogen and oxygen atoms in total. The molecular formula is C16H13F3N2S. The lowest BCUT2D eigenvalue weighted by molar-refractivity contribution is -0.138. The molecule has 0 spiro atoms. The molecule has 114 valence electrons. The van der Waals surface area contributed by atoms with Crippen molar-refractivity contribution >= 4 is 11.8 Å². The zero-order chi connectivity index (χ0) is 16.3. The molecule has 0 radical (unpaired) electrons. The normalized spacial score (nSPS) is 11.3. The van der Waals surface area contributed by atoms with Gasteiger partial charge >= 0.3 is 6.18 Å². The van der Waals surface area contributed by atoms with Gasteiger partial charge in [0.15, 0.2) is 0 Å². The highest BCUT2D eigenvalue weighted by atomic mass is 32.2. The summed E-state index contributed by atoms with van der Waals surface area (Å²) >= 11 is 1.14. The van der Waals surface area contributed by atoms with Crippen molar-refractivity contribution in [3.8, 4) is 17.3 Å². The van der Waals surface area contributed by atoms with Gasteiger partial charge in [0.1, 0.15) is 11.1 Å². The van der Waals surface area contributed by atoms with E-state index in [-0.39, 0.29) is 10.7 Å². The molecule has 0 aliphatic heterocycles. The minimum absolute atomic E-state index is 0.121. The van der Waals surface area contributed by atoms with Gasteiger partial charge in [-0.05, 0) is 18.7 Å². The maximum Gasteiger partial charge on any atom is 0.417 e. The third-order valence-corrected chi connectivity index (χ3v) is 3.89. The number of aryl methyl sites for hydroxylation is 1. The second kappa shape index (κ2) is 6.41. The van der Waals surface area contributed by atoms with Gasteiger partial charge in [-0.15, -0.1) is 11.8 Å². The Hall–Kier alpha value is -2.00. The van der Waals surface area contributed by atoms with E-state index < -0.39 is 17.3 Å². The second-order valence-electron chi connectivity index (χ2n) is 4.64. The molecule has 0 saturated heterocycles.